The lowest BCUT2D eigenvalue weighted by Crippen LogP contribution is -2.10. The largest absolute Gasteiger partial charge is 0.435 e. The fourth-order valence-corrected chi connectivity index (χ4v) is 3.50. The molecular weight excluding hydrogens is 428 g/mol. The molecule has 0 unspecified atom stereocenters. The van der Waals surface area contributed by atoms with E-state index in [4.69, 9.17) is 5.26 Å². The van der Waals surface area contributed by atoms with Crippen LogP contribution in [0.3, 0.4) is 0 Å². The molecular formula is C20H13F6N3S. The number of halogens is 6. The normalized spacial score (nSPS) is 12.1. The van der Waals surface area contributed by atoms with Crippen LogP contribution in [-0.4, -0.2) is 21.7 Å². The average Bonchev–Trinajstić information content (AvgIpc) is 3.12. The van der Waals surface area contributed by atoms with E-state index in [1.165, 1.54) is 36.4 Å². The van der Waals surface area contributed by atoms with Gasteiger partial charge in [-0.15, -0.1) is 11.8 Å². The number of alkyl halides is 6. The molecule has 1 aromatic heterocycles. The van der Waals surface area contributed by atoms with Crippen LogP contribution in [0, 0.1) is 18.3 Å². The van der Waals surface area contributed by atoms with Gasteiger partial charge in [0.15, 0.2) is 5.69 Å². The monoisotopic (exact) mass is 441 g/mol. The first-order valence-corrected chi connectivity index (χ1v) is 9.45. The van der Waals surface area contributed by atoms with Crippen LogP contribution >= 0.6 is 11.8 Å². The van der Waals surface area contributed by atoms with Crippen molar-refractivity contribution in [2.45, 2.75) is 24.2 Å². The Bertz CT molecular complexity index is 1090. The van der Waals surface area contributed by atoms with Crippen molar-refractivity contribution in [3.05, 3.63) is 65.4 Å². The molecule has 0 spiro atoms. The molecule has 3 nitrogen and oxygen atoms in total. The van der Waals surface area contributed by atoms with Crippen LogP contribution in [0.25, 0.3) is 16.9 Å². The number of aryl methyl sites for hydroxylation is 1. The van der Waals surface area contributed by atoms with Crippen molar-refractivity contribution in [2.24, 2.45) is 0 Å². The maximum atomic E-state index is 13.3. The number of nitriles is 1. The summed E-state index contributed by atoms with van der Waals surface area (Å²) in [5, 5.41) is 12.5. The lowest BCUT2D eigenvalue weighted by Gasteiger charge is -2.12. The van der Waals surface area contributed by atoms with Gasteiger partial charge in [0.2, 0.25) is 0 Å². The molecule has 3 rings (SSSR count). The van der Waals surface area contributed by atoms with Gasteiger partial charge in [-0.25, -0.2) is 4.68 Å². The molecule has 2 aromatic carbocycles. The number of thioether (sulfide) groups is 1. The van der Waals surface area contributed by atoms with E-state index in [0.717, 1.165) is 10.7 Å². The second-order valence-electron chi connectivity index (χ2n) is 6.37. The first-order valence-electron chi connectivity index (χ1n) is 8.46. The molecule has 0 fully saturated rings. The molecule has 0 aliphatic heterocycles. The number of hydrogen-bond acceptors (Lipinski definition) is 3. The van der Waals surface area contributed by atoms with Crippen LogP contribution in [0.4, 0.5) is 26.3 Å². The Morgan fingerprint density at radius 2 is 1.67 bits per heavy atom. The topological polar surface area (TPSA) is 41.6 Å². The lowest BCUT2D eigenvalue weighted by molar-refractivity contribution is -0.141. The van der Waals surface area contributed by atoms with Crippen molar-refractivity contribution in [3.63, 3.8) is 0 Å². The van der Waals surface area contributed by atoms with Crippen molar-refractivity contribution in [1.82, 2.24) is 9.78 Å². The molecule has 30 heavy (non-hydrogen) atoms. The van der Waals surface area contributed by atoms with Gasteiger partial charge in [-0.1, -0.05) is 12.1 Å². The molecule has 156 valence electrons. The van der Waals surface area contributed by atoms with Crippen LogP contribution < -0.4 is 0 Å². The summed E-state index contributed by atoms with van der Waals surface area (Å²) < 4.78 is 78.7. The van der Waals surface area contributed by atoms with E-state index in [-0.39, 0.29) is 16.9 Å². The van der Waals surface area contributed by atoms with E-state index in [2.05, 4.69) is 5.10 Å². The highest BCUT2D eigenvalue weighted by molar-refractivity contribution is 7.99. The zero-order chi connectivity index (χ0) is 22.1. The van der Waals surface area contributed by atoms with Gasteiger partial charge in [0, 0.05) is 10.5 Å². The first kappa shape index (κ1) is 21.8. The molecule has 0 N–H and O–H groups in total. The molecule has 0 saturated heterocycles. The van der Waals surface area contributed by atoms with Crippen molar-refractivity contribution < 1.29 is 26.3 Å². The number of aromatic nitrogens is 2. The minimum absolute atomic E-state index is 0.0703. The van der Waals surface area contributed by atoms with Gasteiger partial charge in [-0.05, 0) is 48.9 Å². The lowest BCUT2D eigenvalue weighted by atomic mass is 10.1. The van der Waals surface area contributed by atoms with Gasteiger partial charge in [0.25, 0.3) is 0 Å². The average molecular weight is 441 g/mol. The minimum atomic E-state index is -4.70. The molecule has 0 atom stereocenters. The molecule has 0 aliphatic carbocycles. The van der Waals surface area contributed by atoms with Crippen molar-refractivity contribution in [2.75, 3.05) is 5.75 Å². The third-order valence-electron chi connectivity index (χ3n) is 4.12. The Kier molecular flexibility index (Phi) is 5.85. The number of benzene rings is 2. The third kappa shape index (κ3) is 4.97. The van der Waals surface area contributed by atoms with Gasteiger partial charge < -0.3 is 0 Å². The predicted molar refractivity (Wildman–Crippen MR) is 100 cm³/mol. The fraction of sp³-hybridized carbons (Fsp3) is 0.200. The Hall–Kier alpha value is -2.93. The molecule has 10 heteroatoms. The molecule has 1 heterocycles. The summed E-state index contributed by atoms with van der Waals surface area (Å²) in [5.74, 6) is -1.11. The molecule has 3 aromatic rings. The highest BCUT2D eigenvalue weighted by Gasteiger charge is 2.35. The number of nitrogens with zero attached hydrogens (tertiary/aromatic N) is 3. The minimum Gasteiger partial charge on any atom is -0.233 e. The number of hydrogen-bond donors (Lipinski definition) is 0. The van der Waals surface area contributed by atoms with Gasteiger partial charge >= 0.3 is 12.4 Å². The van der Waals surface area contributed by atoms with Gasteiger partial charge in [0.1, 0.15) is 0 Å². The molecule has 0 aliphatic rings. The van der Waals surface area contributed by atoms with E-state index < -0.39 is 23.8 Å². The maximum absolute atomic E-state index is 13.3. The zero-order valence-electron chi connectivity index (χ0n) is 15.3. The SMILES string of the molecule is Cc1ccc(-c2cc(C(F)(F)F)nn2-c2ccc(C#N)cc2)cc1SCC(F)(F)F. The second kappa shape index (κ2) is 8.07. The van der Waals surface area contributed by atoms with Crippen LogP contribution in [0.1, 0.15) is 16.8 Å². The van der Waals surface area contributed by atoms with Crippen LogP contribution in [0.15, 0.2) is 53.4 Å². The zero-order valence-corrected chi connectivity index (χ0v) is 16.2. The smallest absolute Gasteiger partial charge is 0.233 e. The van der Waals surface area contributed by atoms with Crippen LogP contribution in [-0.2, 0) is 6.18 Å². The molecule has 0 radical (unpaired) electrons. The van der Waals surface area contributed by atoms with Gasteiger partial charge in [-0.2, -0.15) is 36.7 Å². The first-order chi connectivity index (χ1) is 14.0. The number of rotatable bonds is 4. The summed E-state index contributed by atoms with van der Waals surface area (Å²) in [5.41, 5.74) is 0.410. The third-order valence-corrected chi connectivity index (χ3v) is 5.34. The van der Waals surface area contributed by atoms with Crippen LogP contribution in [0.2, 0.25) is 0 Å². The van der Waals surface area contributed by atoms with Crippen molar-refractivity contribution in [3.8, 4) is 23.0 Å². The second-order valence-corrected chi connectivity index (χ2v) is 7.38. The fourth-order valence-electron chi connectivity index (χ4n) is 2.67. The van der Waals surface area contributed by atoms with Crippen LogP contribution in [0.5, 0.6) is 0 Å². The highest BCUT2D eigenvalue weighted by atomic mass is 32.2. The van der Waals surface area contributed by atoms with Crippen molar-refractivity contribution in [1.29, 1.82) is 5.26 Å². The quantitative estimate of drug-likeness (QED) is 0.348. The van der Waals surface area contributed by atoms with E-state index in [1.807, 2.05) is 6.07 Å². The van der Waals surface area contributed by atoms with Gasteiger partial charge in [-0.3, -0.25) is 0 Å². The molecule has 0 amide bonds. The predicted octanol–water partition coefficient (Wildman–Crippen LogP) is 6.39. The van der Waals surface area contributed by atoms with E-state index in [9.17, 15) is 26.3 Å². The summed E-state index contributed by atoms with van der Waals surface area (Å²) >= 11 is 0.569. The summed E-state index contributed by atoms with van der Waals surface area (Å²) in [7, 11) is 0. The van der Waals surface area contributed by atoms with E-state index in [0.29, 0.717) is 27.8 Å². The standard InChI is InChI=1S/C20H13F6N3S/c1-12-2-5-14(8-17(12)30-11-19(21,22)23)16-9-18(20(24,25)26)28-29(16)15-6-3-13(10-27)4-7-15/h2-9H,11H2,1H3. The molecule has 0 saturated carbocycles. The highest BCUT2D eigenvalue weighted by Crippen LogP contribution is 2.36. The summed E-state index contributed by atoms with van der Waals surface area (Å²) in [4.78, 5) is 0.311. The summed E-state index contributed by atoms with van der Waals surface area (Å²) in [6.45, 7) is 1.63. The molecule has 0 bridgehead atoms. The van der Waals surface area contributed by atoms with E-state index in [1.54, 1.807) is 13.0 Å². The maximum Gasteiger partial charge on any atom is 0.435 e. The van der Waals surface area contributed by atoms with Gasteiger partial charge in [0.05, 0.1) is 28.8 Å². The van der Waals surface area contributed by atoms with Crippen molar-refractivity contribution >= 4 is 11.8 Å². The van der Waals surface area contributed by atoms with E-state index >= 15 is 0 Å². The Morgan fingerprint density at radius 1 is 1.00 bits per heavy atom. The Labute approximate surface area is 171 Å². The summed E-state index contributed by atoms with van der Waals surface area (Å²) in [6, 6.07) is 13.0. The Morgan fingerprint density at radius 3 is 2.23 bits per heavy atom. The Balaban J connectivity index is 2.10. The summed E-state index contributed by atoms with van der Waals surface area (Å²) in [6.07, 6.45) is -9.08.